The predicted molar refractivity (Wildman–Crippen MR) is 95.8 cm³/mol. The van der Waals surface area contributed by atoms with Gasteiger partial charge in [0.2, 0.25) is 0 Å². The Kier molecular flexibility index (Phi) is 5.08. The number of aromatic nitrogens is 2. The van der Waals surface area contributed by atoms with E-state index in [1.165, 1.54) is 17.5 Å². The monoisotopic (exact) mass is 358 g/mol. The molecule has 7 nitrogen and oxygen atoms in total. The summed E-state index contributed by atoms with van der Waals surface area (Å²) in [5, 5.41) is 4.83. The topological polar surface area (TPSA) is 63.7 Å². The van der Waals surface area contributed by atoms with Gasteiger partial charge in [-0.3, -0.25) is 14.4 Å². The van der Waals surface area contributed by atoms with E-state index in [1.54, 1.807) is 12.3 Å². The molecule has 0 radical (unpaired) electrons. The first kappa shape index (κ1) is 17.3. The van der Waals surface area contributed by atoms with Crippen LogP contribution in [0.25, 0.3) is 0 Å². The molecule has 2 aliphatic rings. The molecule has 0 unspecified atom stereocenters. The fourth-order valence-electron chi connectivity index (χ4n) is 3.88. The van der Waals surface area contributed by atoms with Crippen LogP contribution in [0.4, 0.5) is 0 Å². The third-order valence-corrected chi connectivity index (χ3v) is 5.30. The van der Waals surface area contributed by atoms with Crippen molar-refractivity contribution in [3.8, 4) is 0 Å². The first-order valence-electron chi connectivity index (χ1n) is 9.45. The number of ether oxygens (including phenoxy) is 1. The lowest BCUT2D eigenvalue weighted by Gasteiger charge is -2.21. The van der Waals surface area contributed by atoms with E-state index in [0.29, 0.717) is 12.2 Å². The minimum atomic E-state index is 0.0571. The number of furan rings is 1. The zero-order chi connectivity index (χ0) is 17.9. The Morgan fingerprint density at radius 3 is 3.00 bits per heavy atom. The Bertz CT molecular complexity index is 753. The smallest absolute Gasteiger partial charge is 0.257 e. The van der Waals surface area contributed by atoms with Crippen molar-refractivity contribution < 1.29 is 13.9 Å². The highest BCUT2D eigenvalue weighted by molar-refractivity contribution is 5.93. The first-order valence-corrected chi connectivity index (χ1v) is 9.45. The molecule has 0 N–H and O–H groups in total. The van der Waals surface area contributed by atoms with Crippen molar-refractivity contribution in [2.45, 2.75) is 39.5 Å². The molecule has 4 rings (SSSR count). The minimum absolute atomic E-state index is 0.0571. The average Bonchev–Trinajstić information content (AvgIpc) is 3.26. The summed E-state index contributed by atoms with van der Waals surface area (Å²) in [6, 6.07) is 1.73. The van der Waals surface area contributed by atoms with E-state index in [2.05, 4.69) is 16.5 Å². The summed E-state index contributed by atoms with van der Waals surface area (Å²) in [6.45, 7) is 8.67. The van der Waals surface area contributed by atoms with Gasteiger partial charge >= 0.3 is 0 Å². The number of carbonyl (C=O) groups excluding carboxylic acids is 1. The van der Waals surface area contributed by atoms with Crippen LogP contribution in [-0.4, -0.2) is 58.3 Å². The van der Waals surface area contributed by atoms with Crippen LogP contribution >= 0.6 is 0 Å². The van der Waals surface area contributed by atoms with Crippen molar-refractivity contribution in [2.75, 3.05) is 32.8 Å². The van der Waals surface area contributed by atoms with Gasteiger partial charge in [-0.05, 0) is 19.4 Å². The van der Waals surface area contributed by atoms with Crippen LogP contribution in [0, 0.1) is 0 Å². The molecule has 26 heavy (non-hydrogen) atoms. The highest BCUT2D eigenvalue weighted by atomic mass is 16.5. The summed E-state index contributed by atoms with van der Waals surface area (Å²) in [5.41, 5.74) is 4.37. The fourth-order valence-corrected chi connectivity index (χ4v) is 3.88. The number of nitrogens with zero attached hydrogens (tertiary/aromatic N) is 4. The second-order valence-electron chi connectivity index (χ2n) is 6.92. The van der Waals surface area contributed by atoms with Crippen LogP contribution in [0.1, 0.15) is 40.7 Å². The number of rotatable bonds is 4. The first-order chi connectivity index (χ1) is 12.8. The van der Waals surface area contributed by atoms with Gasteiger partial charge in [-0.1, -0.05) is 0 Å². The Morgan fingerprint density at radius 2 is 2.19 bits per heavy atom. The number of carbonyl (C=O) groups is 1. The van der Waals surface area contributed by atoms with Crippen molar-refractivity contribution in [2.24, 2.45) is 0 Å². The minimum Gasteiger partial charge on any atom is -0.472 e. The van der Waals surface area contributed by atoms with Crippen LogP contribution in [0.2, 0.25) is 0 Å². The van der Waals surface area contributed by atoms with E-state index in [1.807, 2.05) is 4.90 Å². The van der Waals surface area contributed by atoms with E-state index in [4.69, 9.17) is 14.3 Å². The van der Waals surface area contributed by atoms with Gasteiger partial charge in [0.15, 0.2) is 0 Å². The molecule has 2 aromatic heterocycles. The van der Waals surface area contributed by atoms with E-state index in [9.17, 15) is 4.79 Å². The lowest BCUT2D eigenvalue weighted by Crippen LogP contribution is -2.35. The van der Waals surface area contributed by atoms with E-state index in [0.717, 1.165) is 64.4 Å². The van der Waals surface area contributed by atoms with Gasteiger partial charge in [0, 0.05) is 56.9 Å². The molecular weight excluding hydrogens is 332 g/mol. The third-order valence-electron chi connectivity index (χ3n) is 5.30. The van der Waals surface area contributed by atoms with Gasteiger partial charge in [-0.2, -0.15) is 5.10 Å². The molecule has 1 fully saturated rings. The molecule has 2 aliphatic heterocycles. The Morgan fingerprint density at radius 1 is 1.27 bits per heavy atom. The third kappa shape index (κ3) is 3.41. The highest BCUT2D eigenvalue weighted by Crippen LogP contribution is 2.22. The van der Waals surface area contributed by atoms with Gasteiger partial charge in [0.1, 0.15) is 6.26 Å². The molecule has 1 amide bonds. The summed E-state index contributed by atoms with van der Waals surface area (Å²) in [7, 11) is 0. The number of amides is 1. The Labute approximate surface area is 153 Å². The number of aryl methyl sites for hydroxylation is 1. The molecule has 2 aromatic rings. The molecule has 7 heteroatoms. The second kappa shape index (κ2) is 7.63. The maximum atomic E-state index is 12.5. The van der Waals surface area contributed by atoms with Crippen molar-refractivity contribution >= 4 is 5.91 Å². The average molecular weight is 358 g/mol. The van der Waals surface area contributed by atoms with Crippen LogP contribution in [0.5, 0.6) is 0 Å². The number of hydrogen-bond acceptors (Lipinski definition) is 5. The molecule has 0 saturated carbocycles. The standard InChI is InChI=1S/C19H26N4O3/c1-2-23-18-5-11-26-14-16(18)17(20-23)12-21-6-3-7-22(9-8-21)19(24)15-4-10-25-13-15/h4,10,13H,2-3,5-9,11-12,14H2,1H3. The fraction of sp³-hybridized carbons (Fsp3) is 0.579. The van der Waals surface area contributed by atoms with Crippen molar-refractivity contribution in [1.82, 2.24) is 19.6 Å². The molecule has 140 valence electrons. The van der Waals surface area contributed by atoms with Gasteiger partial charge in [0.05, 0.1) is 30.7 Å². The normalized spacial score (nSPS) is 18.6. The van der Waals surface area contributed by atoms with Crippen LogP contribution in [0.15, 0.2) is 23.0 Å². The van der Waals surface area contributed by atoms with Crippen molar-refractivity contribution in [3.63, 3.8) is 0 Å². The molecule has 1 saturated heterocycles. The summed E-state index contributed by atoms with van der Waals surface area (Å²) in [4.78, 5) is 16.9. The maximum absolute atomic E-state index is 12.5. The largest absolute Gasteiger partial charge is 0.472 e. The summed E-state index contributed by atoms with van der Waals surface area (Å²) >= 11 is 0. The summed E-state index contributed by atoms with van der Waals surface area (Å²) in [5.74, 6) is 0.0571. The van der Waals surface area contributed by atoms with Crippen molar-refractivity contribution in [1.29, 1.82) is 0 Å². The molecule has 0 atom stereocenters. The number of hydrogen-bond donors (Lipinski definition) is 0. The predicted octanol–water partition coefficient (Wildman–Crippen LogP) is 1.92. The molecule has 4 heterocycles. The Hall–Kier alpha value is -2.12. The summed E-state index contributed by atoms with van der Waals surface area (Å²) < 4.78 is 12.8. The van der Waals surface area contributed by atoms with Crippen LogP contribution in [-0.2, 0) is 30.9 Å². The number of fused-ring (bicyclic) bond motifs is 1. The molecule has 0 bridgehead atoms. The quantitative estimate of drug-likeness (QED) is 0.835. The van der Waals surface area contributed by atoms with E-state index >= 15 is 0 Å². The molecular formula is C19H26N4O3. The lowest BCUT2D eigenvalue weighted by molar-refractivity contribution is 0.0760. The lowest BCUT2D eigenvalue weighted by atomic mass is 10.1. The van der Waals surface area contributed by atoms with E-state index in [-0.39, 0.29) is 5.91 Å². The maximum Gasteiger partial charge on any atom is 0.257 e. The second-order valence-corrected chi connectivity index (χ2v) is 6.92. The van der Waals surface area contributed by atoms with Crippen molar-refractivity contribution in [3.05, 3.63) is 41.1 Å². The zero-order valence-corrected chi connectivity index (χ0v) is 15.3. The molecule has 0 aromatic carbocycles. The molecule has 0 spiro atoms. The van der Waals surface area contributed by atoms with Gasteiger partial charge in [0.25, 0.3) is 5.91 Å². The summed E-state index contributed by atoms with van der Waals surface area (Å²) in [6.07, 6.45) is 4.99. The molecule has 0 aliphatic carbocycles. The van der Waals surface area contributed by atoms with Gasteiger partial charge < -0.3 is 14.1 Å². The SMILES string of the molecule is CCn1nc(CN2CCCN(C(=O)c3ccoc3)CC2)c2c1CCOC2. The Balaban J connectivity index is 1.42. The van der Waals surface area contributed by atoms with Crippen LogP contribution in [0.3, 0.4) is 0 Å². The van der Waals surface area contributed by atoms with Gasteiger partial charge in [-0.15, -0.1) is 0 Å². The van der Waals surface area contributed by atoms with E-state index < -0.39 is 0 Å². The van der Waals surface area contributed by atoms with Gasteiger partial charge in [-0.25, -0.2) is 0 Å². The van der Waals surface area contributed by atoms with Crippen LogP contribution < -0.4 is 0 Å². The zero-order valence-electron chi connectivity index (χ0n) is 15.3. The highest BCUT2D eigenvalue weighted by Gasteiger charge is 2.25.